The molecular formula is C13H20ClN3S. The van der Waals surface area contributed by atoms with Gasteiger partial charge in [-0.1, -0.05) is 19.9 Å². The predicted molar refractivity (Wildman–Crippen MR) is 79.2 cm³/mol. The third-order valence-electron chi connectivity index (χ3n) is 2.45. The SMILES string of the molecule is CC(C)Cn1cc(CNCc2cccs2)cn1.Cl. The highest BCUT2D eigenvalue weighted by molar-refractivity contribution is 7.09. The molecule has 0 aliphatic rings. The van der Waals surface area contributed by atoms with Gasteiger partial charge >= 0.3 is 0 Å². The van der Waals surface area contributed by atoms with E-state index in [2.05, 4.69) is 48.0 Å². The second-order valence-electron chi connectivity index (χ2n) is 4.65. The number of thiophene rings is 1. The zero-order chi connectivity index (χ0) is 12.1. The zero-order valence-corrected chi connectivity index (χ0v) is 12.4. The van der Waals surface area contributed by atoms with Gasteiger partial charge in [-0.3, -0.25) is 4.68 Å². The van der Waals surface area contributed by atoms with Crippen molar-refractivity contribution in [2.75, 3.05) is 0 Å². The van der Waals surface area contributed by atoms with Crippen LogP contribution in [-0.2, 0) is 19.6 Å². The van der Waals surface area contributed by atoms with Gasteiger partial charge < -0.3 is 5.32 Å². The van der Waals surface area contributed by atoms with Crippen LogP contribution in [0.1, 0.15) is 24.3 Å². The molecule has 0 saturated heterocycles. The van der Waals surface area contributed by atoms with Gasteiger partial charge in [0.1, 0.15) is 0 Å². The van der Waals surface area contributed by atoms with Crippen LogP contribution in [-0.4, -0.2) is 9.78 Å². The summed E-state index contributed by atoms with van der Waals surface area (Å²) in [7, 11) is 0. The van der Waals surface area contributed by atoms with E-state index in [1.54, 1.807) is 11.3 Å². The predicted octanol–water partition coefficient (Wildman–Crippen LogP) is 3.31. The summed E-state index contributed by atoms with van der Waals surface area (Å²) in [6.07, 6.45) is 4.07. The molecule has 18 heavy (non-hydrogen) atoms. The van der Waals surface area contributed by atoms with E-state index in [0.717, 1.165) is 19.6 Å². The minimum Gasteiger partial charge on any atom is -0.308 e. The molecule has 1 N–H and O–H groups in total. The average molecular weight is 286 g/mol. The molecular weight excluding hydrogens is 266 g/mol. The van der Waals surface area contributed by atoms with Crippen LogP contribution < -0.4 is 5.32 Å². The van der Waals surface area contributed by atoms with Gasteiger partial charge in [0.15, 0.2) is 0 Å². The smallest absolute Gasteiger partial charge is 0.0534 e. The Morgan fingerprint density at radius 3 is 2.89 bits per heavy atom. The van der Waals surface area contributed by atoms with Gasteiger partial charge in [-0.05, 0) is 17.4 Å². The molecule has 3 nitrogen and oxygen atoms in total. The van der Waals surface area contributed by atoms with Crippen molar-refractivity contribution in [1.82, 2.24) is 15.1 Å². The van der Waals surface area contributed by atoms with Crippen LogP contribution >= 0.6 is 23.7 Å². The van der Waals surface area contributed by atoms with Gasteiger partial charge in [-0.25, -0.2) is 0 Å². The largest absolute Gasteiger partial charge is 0.308 e. The molecule has 0 fully saturated rings. The molecule has 0 spiro atoms. The molecule has 0 bridgehead atoms. The number of nitrogens with zero attached hydrogens (tertiary/aromatic N) is 2. The highest BCUT2D eigenvalue weighted by atomic mass is 35.5. The van der Waals surface area contributed by atoms with E-state index in [4.69, 9.17) is 0 Å². The lowest BCUT2D eigenvalue weighted by molar-refractivity contribution is 0.482. The first kappa shape index (κ1) is 15.2. The Hall–Kier alpha value is -0.840. The summed E-state index contributed by atoms with van der Waals surface area (Å²) >= 11 is 1.79. The summed E-state index contributed by atoms with van der Waals surface area (Å²) in [5.41, 5.74) is 1.25. The molecule has 0 unspecified atom stereocenters. The lowest BCUT2D eigenvalue weighted by atomic mass is 10.2. The van der Waals surface area contributed by atoms with E-state index in [0.29, 0.717) is 5.92 Å². The van der Waals surface area contributed by atoms with Crippen molar-refractivity contribution >= 4 is 23.7 Å². The van der Waals surface area contributed by atoms with E-state index >= 15 is 0 Å². The van der Waals surface area contributed by atoms with Crippen molar-refractivity contribution in [3.63, 3.8) is 0 Å². The number of hydrogen-bond acceptors (Lipinski definition) is 3. The molecule has 2 heterocycles. The third-order valence-corrected chi connectivity index (χ3v) is 3.32. The highest BCUT2D eigenvalue weighted by Gasteiger charge is 2.01. The first-order chi connectivity index (χ1) is 8.24. The monoisotopic (exact) mass is 285 g/mol. The van der Waals surface area contributed by atoms with Gasteiger partial charge in [0.25, 0.3) is 0 Å². The van der Waals surface area contributed by atoms with Gasteiger partial charge in [0.2, 0.25) is 0 Å². The maximum absolute atomic E-state index is 4.35. The Bertz CT molecular complexity index is 437. The molecule has 0 radical (unpaired) electrons. The number of rotatable bonds is 6. The van der Waals surface area contributed by atoms with E-state index in [-0.39, 0.29) is 12.4 Å². The summed E-state index contributed by atoms with van der Waals surface area (Å²) in [6.45, 7) is 7.22. The second kappa shape index (κ2) is 7.56. The Kier molecular flexibility index (Phi) is 6.39. The molecule has 2 aromatic rings. The number of aromatic nitrogens is 2. The van der Waals surface area contributed by atoms with Gasteiger partial charge in [0.05, 0.1) is 6.20 Å². The van der Waals surface area contributed by atoms with Crippen molar-refractivity contribution in [2.45, 2.75) is 33.5 Å². The topological polar surface area (TPSA) is 29.9 Å². The molecule has 0 aliphatic heterocycles. The Labute approximate surface area is 119 Å². The Balaban J connectivity index is 0.00000162. The van der Waals surface area contributed by atoms with Crippen LogP contribution in [0.2, 0.25) is 0 Å². The van der Waals surface area contributed by atoms with Crippen molar-refractivity contribution in [3.8, 4) is 0 Å². The van der Waals surface area contributed by atoms with Crippen LogP contribution in [0.3, 0.4) is 0 Å². The lowest BCUT2D eigenvalue weighted by Crippen LogP contribution is -2.11. The fourth-order valence-electron chi connectivity index (χ4n) is 1.71. The van der Waals surface area contributed by atoms with Crippen molar-refractivity contribution in [1.29, 1.82) is 0 Å². The number of hydrogen-bond donors (Lipinski definition) is 1. The van der Waals surface area contributed by atoms with Crippen LogP contribution in [0.5, 0.6) is 0 Å². The minimum absolute atomic E-state index is 0. The Morgan fingerprint density at radius 1 is 1.39 bits per heavy atom. The normalized spacial score (nSPS) is 10.6. The van der Waals surface area contributed by atoms with Crippen LogP contribution in [0.25, 0.3) is 0 Å². The maximum Gasteiger partial charge on any atom is 0.0534 e. The molecule has 5 heteroatoms. The third kappa shape index (κ3) is 4.80. The van der Waals surface area contributed by atoms with Gasteiger partial charge in [-0.2, -0.15) is 5.10 Å². The molecule has 0 aromatic carbocycles. The van der Waals surface area contributed by atoms with Crippen molar-refractivity contribution in [2.24, 2.45) is 5.92 Å². The first-order valence-corrected chi connectivity index (χ1v) is 6.86. The fourth-order valence-corrected chi connectivity index (χ4v) is 2.39. The number of nitrogens with one attached hydrogen (secondary N) is 1. The standard InChI is InChI=1S/C13H19N3S.ClH/c1-11(2)9-16-10-12(7-15-16)6-14-8-13-4-3-5-17-13;/h3-5,7,10-11,14H,6,8-9H2,1-2H3;1H. The van der Waals surface area contributed by atoms with E-state index in [9.17, 15) is 0 Å². The van der Waals surface area contributed by atoms with Crippen LogP contribution in [0.15, 0.2) is 29.9 Å². The average Bonchev–Trinajstić information content (AvgIpc) is 2.89. The van der Waals surface area contributed by atoms with Gasteiger partial charge in [-0.15, -0.1) is 23.7 Å². The summed E-state index contributed by atoms with van der Waals surface area (Å²) in [4.78, 5) is 1.37. The second-order valence-corrected chi connectivity index (χ2v) is 5.68. The van der Waals surface area contributed by atoms with E-state index in [1.165, 1.54) is 10.4 Å². The van der Waals surface area contributed by atoms with E-state index in [1.807, 2.05) is 10.9 Å². The molecule has 2 aromatic heterocycles. The molecule has 0 atom stereocenters. The summed E-state index contributed by atoms with van der Waals surface area (Å²) in [5, 5.41) is 9.89. The highest BCUT2D eigenvalue weighted by Crippen LogP contribution is 2.08. The maximum atomic E-state index is 4.35. The minimum atomic E-state index is 0. The van der Waals surface area contributed by atoms with Crippen LogP contribution in [0.4, 0.5) is 0 Å². The summed E-state index contributed by atoms with van der Waals surface area (Å²) in [5.74, 6) is 0.641. The van der Waals surface area contributed by atoms with Crippen LogP contribution in [0, 0.1) is 5.92 Å². The van der Waals surface area contributed by atoms with Gasteiger partial charge in [0, 0.05) is 36.3 Å². The fraction of sp³-hybridized carbons (Fsp3) is 0.462. The molecule has 0 amide bonds. The Morgan fingerprint density at radius 2 is 2.22 bits per heavy atom. The first-order valence-electron chi connectivity index (χ1n) is 5.98. The summed E-state index contributed by atoms with van der Waals surface area (Å²) in [6, 6.07) is 4.24. The van der Waals surface area contributed by atoms with Crippen molar-refractivity contribution in [3.05, 3.63) is 40.3 Å². The molecule has 0 saturated carbocycles. The molecule has 0 aliphatic carbocycles. The zero-order valence-electron chi connectivity index (χ0n) is 10.8. The van der Waals surface area contributed by atoms with E-state index < -0.39 is 0 Å². The lowest BCUT2D eigenvalue weighted by Gasteiger charge is -2.03. The quantitative estimate of drug-likeness (QED) is 0.882. The van der Waals surface area contributed by atoms with Crippen molar-refractivity contribution < 1.29 is 0 Å². The molecule has 100 valence electrons. The number of halogens is 1. The molecule has 2 rings (SSSR count). The summed E-state index contributed by atoms with van der Waals surface area (Å²) < 4.78 is 2.02.